The molecule has 0 spiro atoms. The van der Waals surface area contributed by atoms with Crippen molar-refractivity contribution in [3.05, 3.63) is 86.5 Å². The molecule has 1 amide bonds. The van der Waals surface area contributed by atoms with Gasteiger partial charge in [0.1, 0.15) is 5.75 Å². The van der Waals surface area contributed by atoms with Crippen molar-refractivity contribution in [1.82, 2.24) is 0 Å². The fraction of sp³-hybridized carbons (Fsp3) is 0.120. The molecule has 0 bridgehead atoms. The number of carbonyl (C=O) groups excluding carboxylic acids is 1. The van der Waals surface area contributed by atoms with Crippen molar-refractivity contribution in [2.24, 2.45) is 0 Å². The smallest absolute Gasteiger partial charge is 0.262 e. The van der Waals surface area contributed by atoms with Gasteiger partial charge in [0.2, 0.25) is 11.2 Å². The molecule has 6 nitrogen and oxygen atoms in total. The molecule has 0 aliphatic carbocycles. The largest absolute Gasteiger partial charge is 0.495 e. The molecule has 1 aromatic heterocycles. The number of ether oxygens (including phenoxy) is 2. The molecule has 1 N–H and O–H groups in total. The molecule has 168 valence electrons. The van der Waals surface area contributed by atoms with Gasteiger partial charge in [0.25, 0.3) is 5.91 Å². The highest BCUT2D eigenvalue weighted by molar-refractivity contribution is 6.38. The number of para-hydroxylation sites is 2. The number of halogens is 2. The minimum Gasteiger partial charge on any atom is -0.495 e. The monoisotopic (exact) mass is 483 g/mol. The third-order valence-corrected chi connectivity index (χ3v) is 5.41. The highest BCUT2D eigenvalue weighted by Gasteiger charge is 2.21. The number of fused-ring (bicyclic) bond motifs is 1. The third-order valence-electron chi connectivity index (χ3n) is 4.91. The molecule has 0 fully saturated rings. The number of aryl methyl sites for hydroxylation is 1. The van der Waals surface area contributed by atoms with Crippen molar-refractivity contribution < 1.29 is 18.7 Å². The summed E-state index contributed by atoms with van der Waals surface area (Å²) in [5.41, 5.74) is 1.82. The lowest BCUT2D eigenvalue weighted by molar-refractivity contribution is -0.118. The predicted molar refractivity (Wildman–Crippen MR) is 130 cm³/mol. The maximum absolute atomic E-state index is 13.3. The summed E-state index contributed by atoms with van der Waals surface area (Å²) in [5.74, 6) is 0.0837. The Morgan fingerprint density at radius 2 is 1.79 bits per heavy atom. The molecule has 8 heteroatoms. The molecular formula is C25H19Cl2NO5. The lowest BCUT2D eigenvalue weighted by atomic mass is 10.1. The Morgan fingerprint density at radius 1 is 1.06 bits per heavy atom. The van der Waals surface area contributed by atoms with Gasteiger partial charge in [-0.05, 0) is 31.2 Å². The first kappa shape index (κ1) is 22.7. The van der Waals surface area contributed by atoms with Gasteiger partial charge in [0.15, 0.2) is 18.0 Å². The van der Waals surface area contributed by atoms with E-state index in [0.717, 1.165) is 5.56 Å². The number of hydrogen-bond acceptors (Lipinski definition) is 5. The van der Waals surface area contributed by atoms with Crippen molar-refractivity contribution in [3.8, 4) is 22.8 Å². The summed E-state index contributed by atoms with van der Waals surface area (Å²) in [5, 5.41) is 3.34. The van der Waals surface area contributed by atoms with Crippen LogP contribution in [0.25, 0.3) is 22.3 Å². The summed E-state index contributed by atoms with van der Waals surface area (Å²) in [7, 11) is 1.51. The van der Waals surface area contributed by atoms with Crippen LogP contribution >= 0.6 is 23.2 Å². The maximum Gasteiger partial charge on any atom is 0.262 e. The summed E-state index contributed by atoms with van der Waals surface area (Å²) >= 11 is 12.4. The van der Waals surface area contributed by atoms with E-state index in [2.05, 4.69) is 5.32 Å². The van der Waals surface area contributed by atoms with Crippen LogP contribution in [0.3, 0.4) is 0 Å². The Morgan fingerprint density at radius 3 is 2.52 bits per heavy atom. The van der Waals surface area contributed by atoms with Crippen LogP contribution in [-0.2, 0) is 4.79 Å². The van der Waals surface area contributed by atoms with Crippen LogP contribution in [0.5, 0.6) is 11.5 Å². The summed E-state index contributed by atoms with van der Waals surface area (Å²) in [6, 6.07) is 17.3. The summed E-state index contributed by atoms with van der Waals surface area (Å²) < 4.78 is 16.9. The summed E-state index contributed by atoms with van der Waals surface area (Å²) in [6.45, 7) is 1.51. The molecule has 3 aromatic carbocycles. The van der Waals surface area contributed by atoms with Crippen LogP contribution in [0.4, 0.5) is 5.69 Å². The average Bonchev–Trinajstić information content (AvgIpc) is 2.80. The van der Waals surface area contributed by atoms with Gasteiger partial charge in [0, 0.05) is 10.6 Å². The van der Waals surface area contributed by atoms with E-state index in [1.807, 2.05) is 19.1 Å². The number of anilines is 1. The number of methoxy groups -OCH3 is 1. The number of hydrogen-bond donors (Lipinski definition) is 1. The average molecular weight is 484 g/mol. The van der Waals surface area contributed by atoms with Gasteiger partial charge >= 0.3 is 0 Å². The first-order chi connectivity index (χ1) is 15.9. The van der Waals surface area contributed by atoms with Gasteiger partial charge in [-0.25, -0.2) is 0 Å². The van der Waals surface area contributed by atoms with Crippen molar-refractivity contribution in [2.75, 3.05) is 19.0 Å². The van der Waals surface area contributed by atoms with Crippen LogP contribution in [0.2, 0.25) is 10.0 Å². The highest BCUT2D eigenvalue weighted by Crippen LogP contribution is 2.35. The van der Waals surface area contributed by atoms with E-state index in [9.17, 15) is 9.59 Å². The molecule has 4 rings (SSSR count). The number of nitrogens with one attached hydrogen (secondary N) is 1. The van der Waals surface area contributed by atoms with Gasteiger partial charge in [0.05, 0.1) is 23.2 Å². The first-order valence-corrected chi connectivity index (χ1v) is 10.7. The topological polar surface area (TPSA) is 77.8 Å². The predicted octanol–water partition coefficient (Wildman–Crippen LogP) is 6.10. The molecule has 0 unspecified atom stereocenters. The molecule has 0 aliphatic heterocycles. The Labute approximate surface area is 199 Å². The normalized spacial score (nSPS) is 10.8. The Balaban J connectivity index is 1.73. The number of carbonyl (C=O) groups is 1. The minimum absolute atomic E-state index is 0.111. The van der Waals surface area contributed by atoms with E-state index < -0.39 is 17.9 Å². The Bertz CT molecular complexity index is 1400. The van der Waals surface area contributed by atoms with E-state index in [4.69, 9.17) is 37.1 Å². The van der Waals surface area contributed by atoms with E-state index in [1.165, 1.54) is 19.2 Å². The second-order valence-electron chi connectivity index (χ2n) is 7.26. The fourth-order valence-electron chi connectivity index (χ4n) is 3.30. The van der Waals surface area contributed by atoms with Crippen LogP contribution < -0.4 is 20.2 Å². The molecule has 1 heterocycles. The Kier molecular flexibility index (Phi) is 6.58. The van der Waals surface area contributed by atoms with Gasteiger partial charge in [-0.15, -0.1) is 0 Å². The third kappa shape index (κ3) is 4.82. The Hall–Kier alpha value is -3.48. The zero-order valence-corrected chi connectivity index (χ0v) is 19.3. The quantitative estimate of drug-likeness (QED) is 0.358. The molecule has 0 radical (unpaired) electrons. The first-order valence-electron chi connectivity index (χ1n) is 9.96. The van der Waals surface area contributed by atoms with Crippen LogP contribution in [-0.4, -0.2) is 19.6 Å². The van der Waals surface area contributed by atoms with Crippen LogP contribution in [0, 0.1) is 6.92 Å². The molecule has 0 saturated heterocycles. The molecule has 33 heavy (non-hydrogen) atoms. The molecule has 0 atom stereocenters. The summed E-state index contributed by atoms with van der Waals surface area (Å²) in [6.07, 6.45) is 0. The number of benzene rings is 3. The summed E-state index contributed by atoms with van der Waals surface area (Å²) in [4.78, 5) is 25.9. The van der Waals surface area contributed by atoms with Crippen LogP contribution in [0.1, 0.15) is 5.56 Å². The fourth-order valence-corrected chi connectivity index (χ4v) is 3.84. The molecular weight excluding hydrogens is 465 g/mol. The van der Waals surface area contributed by atoms with Crippen molar-refractivity contribution >= 4 is 45.8 Å². The highest BCUT2D eigenvalue weighted by atomic mass is 35.5. The van der Waals surface area contributed by atoms with E-state index in [1.54, 1.807) is 36.4 Å². The van der Waals surface area contributed by atoms with Crippen molar-refractivity contribution in [1.29, 1.82) is 0 Å². The van der Waals surface area contributed by atoms with Gasteiger partial charge in [-0.3, -0.25) is 9.59 Å². The van der Waals surface area contributed by atoms with Gasteiger partial charge < -0.3 is 19.2 Å². The van der Waals surface area contributed by atoms with Gasteiger partial charge in [-0.1, -0.05) is 65.2 Å². The van der Waals surface area contributed by atoms with Crippen molar-refractivity contribution in [3.63, 3.8) is 0 Å². The lowest BCUT2D eigenvalue weighted by Gasteiger charge is -2.13. The molecule has 4 aromatic rings. The lowest BCUT2D eigenvalue weighted by Crippen LogP contribution is -2.23. The second-order valence-corrected chi connectivity index (χ2v) is 8.10. The van der Waals surface area contributed by atoms with E-state index in [-0.39, 0.29) is 32.5 Å². The molecule has 0 aliphatic rings. The second kappa shape index (κ2) is 9.57. The minimum atomic E-state index is -0.485. The zero-order valence-electron chi connectivity index (χ0n) is 17.8. The van der Waals surface area contributed by atoms with E-state index >= 15 is 0 Å². The number of rotatable bonds is 6. The number of amides is 1. The standard InChI is InChI=1S/C25H19Cl2NO5/c1-14-7-9-15(10-8-14)23-25(22(30)17-11-16(26)12-18(27)24(17)33-23)32-13-21(29)28-19-5-3-4-6-20(19)31-2/h3-12H,13H2,1-2H3,(H,28,29). The van der Waals surface area contributed by atoms with Crippen molar-refractivity contribution in [2.45, 2.75) is 6.92 Å². The van der Waals surface area contributed by atoms with Gasteiger partial charge in [-0.2, -0.15) is 0 Å². The van der Waals surface area contributed by atoms with E-state index in [0.29, 0.717) is 17.0 Å². The SMILES string of the molecule is COc1ccccc1NC(=O)COc1c(-c2ccc(C)cc2)oc2c(Cl)cc(Cl)cc2c1=O. The maximum atomic E-state index is 13.3. The molecule has 0 saturated carbocycles. The zero-order chi connectivity index (χ0) is 23.5. The van der Waals surface area contributed by atoms with Crippen LogP contribution in [0.15, 0.2) is 69.9 Å².